The number of halogens is 1. The van der Waals surface area contributed by atoms with Crippen LogP contribution >= 0.6 is 11.6 Å². The summed E-state index contributed by atoms with van der Waals surface area (Å²) in [4.78, 5) is 16.5. The van der Waals surface area contributed by atoms with Crippen molar-refractivity contribution in [2.24, 2.45) is 0 Å². The first-order chi connectivity index (χ1) is 16.1. The van der Waals surface area contributed by atoms with Crippen LogP contribution in [-0.4, -0.2) is 48.0 Å². The first-order valence-corrected chi connectivity index (χ1v) is 12.4. The molecule has 3 aliphatic heterocycles. The topological polar surface area (TPSA) is 46.5 Å². The highest BCUT2D eigenvalue weighted by atomic mass is 35.5. The average Bonchev–Trinajstić information content (AvgIpc) is 3.49. The fourth-order valence-corrected chi connectivity index (χ4v) is 6.26. The smallest absolute Gasteiger partial charge is 0.198 e. The van der Waals surface area contributed by atoms with E-state index in [1.807, 2.05) is 30.5 Å². The molecule has 2 aromatic carbocycles. The second-order valence-corrected chi connectivity index (χ2v) is 10.3. The van der Waals surface area contributed by atoms with Crippen molar-refractivity contribution in [1.29, 1.82) is 0 Å². The van der Waals surface area contributed by atoms with E-state index in [0.717, 1.165) is 61.1 Å². The van der Waals surface area contributed by atoms with Gasteiger partial charge in [-0.25, -0.2) is 0 Å². The van der Waals surface area contributed by atoms with E-state index in [1.165, 1.54) is 18.4 Å². The van der Waals surface area contributed by atoms with Crippen LogP contribution in [0.4, 0.5) is 0 Å². The third-order valence-electron chi connectivity index (χ3n) is 7.92. The Labute approximate surface area is 199 Å². The van der Waals surface area contributed by atoms with Crippen molar-refractivity contribution in [2.75, 3.05) is 26.7 Å². The number of ketones is 1. The third kappa shape index (κ3) is 3.53. The van der Waals surface area contributed by atoms with Crippen LogP contribution in [-0.2, 0) is 16.9 Å². The number of fused-ring (bicyclic) bond motifs is 3. The molecule has 0 unspecified atom stereocenters. The van der Waals surface area contributed by atoms with Crippen LogP contribution < -0.4 is 5.32 Å². The predicted octanol–water partition coefficient (Wildman–Crippen LogP) is 4.92. The number of likely N-dealkylation sites (N-methyl/N-ethyl adjacent to an activating group) is 1. The third-order valence-corrected chi connectivity index (χ3v) is 8.15. The van der Waals surface area contributed by atoms with Crippen LogP contribution in [0.5, 0.6) is 0 Å². The summed E-state index contributed by atoms with van der Waals surface area (Å²) < 4.78 is 8.90. The molecule has 4 heterocycles. The van der Waals surface area contributed by atoms with Crippen LogP contribution in [0, 0.1) is 0 Å². The fraction of sp³-hybridized carbons (Fsp3) is 0.444. The Hall–Kier alpha value is -2.18. The summed E-state index contributed by atoms with van der Waals surface area (Å²) in [6.07, 6.45) is 5.64. The molecule has 3 aliphatic rings. The summed E-state index contributed by atoms with van der Waals surface area (Å²) >= 11 is 6.38. The maximum atomic E-state index is 14.1. The minimum Gasteiger partial charge on any atom is -0.354 e. The van der Waals surface area contributed by atoms with Crippen LogP contribution in [0.3, 0.4) is 0 Å². The maximum absolute atomic E-state index is 14.1. The lowest BCUT2D eigenvalue weighted by Crippen LogP contribution is -2.40. The lowest BCUT2D eigenvalue weighted by atomic mass is 9.84. The fourth-order valence-electron chi connectivity index (χ4n) is 6.10. The molecular weight excluding hydrogens is 434 g/mol. The molecule has 0 saturated carbocycles. The number of benzene rings is 2. The minimum absolute atomic E-state index is 0.0451. The van der Waals surface area contributed by atoms with Crippen molar-refractivity contribution in [3.8, 4) is 0 Å². The predicted molar refractivity (Wildman–Crippen MR) is 131 cm³/mol. The van der Waals surface area contributed by atoms with Crippen molar-refractivity contribution in [3.05, 3.63) is 70.4 Å². The number of piperidine rings is 1. The van der Waals surface area contributed by atoms with Gasteiger partial charge in [0.1, 0.15) is 6.10 Å². The van der Waals surface area contributed by atoms with E-state index in [2.05, 4.69) is 40.0 Å². The van der Waals surface area contributed by atoms with E-state index in [4.69, 9.17) is 16.3 Å². The second kappa shape index (κ2) is 8.24. The summed E-state index contributed by atoms with van der Waals surface area (Å²) in [5, 5.41) is 5.08. The molecule has 33 heavy (non-hydrogen) atoms. The molecule has 1 aromatic heterocycles. The van der Waals surface area contributed by atoms with Gasteiger partial charge in [-0.05, 0) is 75.6 Å². The van der Waals surface area contributed by atoms with Gasteiger partial charge in [0, 0.05) is 34.8 Å². The van der Waals surface area contributed by atoms with E-state index in [9.17, 15) is 4.79 Å². The molecule has 2 atom stereocenters. The summed E-state index contributed by atoms with van der Waals surface area (Å²) in [6.45, 7) is 3.79. The van der Waals surface area contributed by atoms with Crippen molar-refractivity contribution < 1.29 is 9.53 Å². The normalized spacial score (nSPS) is 24.5. The van der Waals surface area contributed by atoms with Gasteiger partial charge in [0.05, 0.1) is 11.1 Å². The van der Waals surface area contributed by atoms with Gasteiger partial charge >= 0.3 is 0 Å². The summed E-state index contributed by atoms with van der Waals surface area (Å²) in [6, 6.07) is 14.6. The van der Waals surface area contributed by atoms with Crippen molar-refractivity contribution in [1.82, 2.24) is 14.8 Å². The Bertz CT molecular complexity index is 1210. The number of rotatable bonds is 4. The van der Waals surface area contributed by atoms with Gasteiger partial charge in [0.15, 0.2) is 5.78 Å². The number of Topliss-reactive ketones (excluding diaryl/α,β-unsaturated/α-hetero) is 1. The molecule has 2 fully saturated rings. The molecule has 1 N–H and O–H groups in total. The standard InChI is InChI=1S/C27H30ClN3O2/c1-30-14-4-5-19(30)16-31-17-22(20-9-8-18(28)15-24(20)31)25(32)26-21-6-2-3-7-23(21)27(33-26)10-12-29-13-11-27/h2-3,6-9,15,17,19,26,29H,4-5,10-14,16H2,1H3/t19-,26+/m0/s1. The van der Waals surface area contributed by atoms with Crippen molar-refractivity contribution >= 4 is 28.3 Å². The van der Waals surface area contributed by atoms with E-state index >= 15 is 0 Å². The van der Waals surface area contributed by atoms with Gasteiger partial charge < -0.3 is 19.5 Å². The molecule has 6 rings (SSSR count). The molecule has 3 aromatic rings. The highest BCUT2D eigenvalue weighted by Gasteiger charge is 2.48. The highest BCUT2D eigenvalue weighted by Crippen LogP contribution is 2.49. The molecule has 5 nitrogen and oxygen atoms in total. The van der Waals surface area contributed by atoms with Gasteiger partial charge in [0.25, 0.3) is 0 Å². The first-order valence-electron chi connectivity index (χ1n) is 12.1. The molecule has 0 radical (unpaired) electrons. The van der Waals surface area contributed by atoms with Gasteiger partial charge in [-0.1, -0.05) is 41.9 Å². The van der Waals surface area contributed by atoms with E-state index in [1.54, 1.807) is 0 Å². The Balaban J connectivity index is 1.40. The van der Waals surface area contributed by atoms with Crippen LogP contribution in [0.25, 0.3) is 10.9 Å². The number of hydrogen-bond acceptors (Lipinski definition) is 4. The molecule has 0 aliphatic carbocycles. The Morgan fingerprint density at radius 1 is 1.21 bits per heavy atom. The molecular formula is C27H30ClN3O2. The van der Waals surface area contributed by atoms with Crippen molar-refractivity contribution in [2.45, 2.75) is 50.0 Å². The van der Waals surface area contributed by atoms with Crippen LogP contribution in [0.1, 0.15) is 53.3 Å². The maximum Gasteiger partial charge on any atom is 0.198 e. The lowest BCUT2D eigenvalue weighted by Gasteiger charge is -2.34. The van der Waals surface area contributed by atoms with Gasteiger partial charge in [-0.15, -0.1) is 0 Å². The molecule has 1 spiro atoms. The number of aromatic nitrogens is 1. The number of nitrogens with zero attached hydrogens (tertiary/aromatic N) is 2. The number of likely N-dealkylation sites (tertiary alicyclic amines) is 1. The summed E-state index contributed by atoms with van der Waals surface area (Å²) in [7, 11) is 2.18. The Kier molecular flexibility index (Phi) is 5.33. The molecule has 6 heteroatoms. The highest BCUT2D eigenvalue weighted by molar-refractivity contribution is 6.31. The largest absolute Gasteiger partial charge is 0.354 e. The zero-order chi connectivity index (χ0) is 22.6. The SMILES string of the molecule is CN1CCC[C@H]1Cn1cc(C(=O)[C@@H]2OC3(CCNCC3)c3ccccc32)c2ccc(Cl)cc21. The van der Waals surface area contributed by atoms with Gasteiger partial charge in [-0.2, -0.15) is 0 Å². The number of carbonyl (C=O) groups is 1. The zero-order valence-electron chi connectivity index (χ0n) is 19.0. The van der Waals surface area contributed by atoms with Crippen LogP contribution in [0.15, 0.2) is 48.7 Å². The van der Waals surface area contributed by atoms with Gasteiger partial charge in [-0.3, -0.25) is 4.79 Å². The number of hydrogen-bond donors (Lipinski definition) is 1. The second-order valence-electron chi connectivity index (χ2n) is 9.83. The van der Waals surface area contributed by atoms with E-state index in [0.29, 0.717) is 11.1 Å². The first kappa shape index (κ1) is 21.4. The average molecular weight is 464 g/mol. The zero-order valence-corrected chi connectivity index (χ0v) is 19.8. The summed E-state index contributed by atoms with van der Waals surface area (Å²) in [5.74, 6) is 0.0451. The van der Waals surface area contributed by atoms with Crippen molar-refractivity contribution in [3.63, 3.8) is 0 Å². The number of ether oxygens (including phenoxy) is 1. The van der Waals surface area contributed by atoms with Crippen LogP contribution in [0.2, 0.25) is 5.02 Å². The molecule has 0 bridgehead atoms. The monoisotopic (exact) mass is 463 g/mol. The van der Waals surface area contributed by atoms with Gasteiger partial charge in [0.2, 0.25) is 0 Å². The summed E-state index contributed by atoms with van der Waals surface area (Å²) in [5.41, 5.74) is 3.59. The number of carbonyl (C=O) groups excluding carboxylic acids is 1. The molecule has 0 amide bonds. The minimum atomic E-state index is -0.566. The van der Waals surface area contributed by atoms with E-state index in [-0.39, 0.29) is 11.4 Å². The molecule has 172 valence electrons. The lowest BCUT2D eigenvalue weighted by molar-refractivity contribution is -0.0805. The molecule has 2 saturated heterocycles. The van der Waals surface area contributed by atoms with E-state index < -0.39 is 6.10 Å². The number of nitrogens with one attached hydrogen (secondary N) is 1. The Morgan fingerprint density at radius 3 is 2.82 bits per heavy atom. The quantitative estimate of drug-likeness (QED) is 0.558. The Morgan fingerprint density at radius 2 is 2.03 bits per heavy atom.